The Morgan fingerprint density at radius 3 is 2.27 bits per heavy atom. The van der Waals surface area contributed by atoms with Crippen molar-refractivity contribution in [2.45, 2.75) is 32.7 Å². The van der Waals surface area contributed by atoms with E-state index < -0.39 is 0 Å². The van der Waals surface area contributed by atoms with Crippen molar-refractivity contribution >= 4 is 11.8 Å². The average Bonchev–Trinajstić information content (AvgIpc) is 2.66. The van der Waals surface area contributed by atoms with Crippen molar-refractivity contribution in [3.05, 3.63) is 72.3 Å². The van der Waals surface area contributed by atoms with Gasteiger partial charge in [-0.25, -0.2) is 4.98 Å². The van der Waals surface area contributed by atoms with Crippen molar-refractivity contribution in [2.75, 3.05) is 17.2 Å². The van der Waals surface area contributed by atoms with E-state index in [0.717, 1.165) is 36.5 Å². The second-order valence-electron chi connectivity index (χ2n) is 6.64. The molecule has 4 heteroatoms. The van der Waals surface area contributed by atoms with Gasteiger partial charge in [0, 0.05) is 24.2 Å². The van der Waals surface area contributed by atoms with Gasteiger partial charge in [-0.15, -0.1) is 0 Å². The normalized spacial score (nSPS) is 10.7. The third-order valence-corrected chi connectivity index (χ3v) is 4.00. The molecule has 0 atom stereocenters. The second-order valence-corrected chi connectivity index (χ2v) is 6.64. The van der Waals surface area contributed by atoms with Crippen LogP contribution < -0.4 is 10.6 Å². The van der Waals surface area contributed by atoms with Crippen molar-refractivity contribution in [1.29, 1.82) is 0 Å². The number of aromatic nitrogens is 2. The summed E-state index contributed by atoms with van der Waals surface area (Å²) < 4.78 is 0. The molecule has 1 aromatic heterocycles. The van der Waals surface area contributed by atoms with Crippen LogP contribution in [-0.4, -0.2) is 22.6 Å². The lowest BCUT2D eigenvalue weighted by Crippen LogP contribution is -2.13. The molecule has 4 nitrogen and oxygen atoms in total. The predicted octanol–water partition coefficient (Wildman–Crippen LogP) is 5.01. The van der Waals surface area contributed by atoms with Crippen LogP contribution in [0.1, 0.15) is 25.8 Å². The van der Waals surface area contributed by atoms with Gasteiger partial charge >= 0.3 is 0 Å². The van der Waals surface area contributed by atoms with Crippen LogP contribution in [0.2, 0.25) is 0 Å². The molecule has 1 heterocycles. The molecule has 0 aliphatic heterocycles. The summed E-state index contributed by atoms with van der Waals surface area (Å²) in [5.74, 6) is 1.52. The summed E-state index contributed by atoms with van der Waals surface area (Å²) in [5.41, 5.74) is 3.37. The van der Waals surface area contributed by atoms with Crippen molar-refractivity contribution in [1.82, 2.24) is 9.97 Å². The quantitative estimate of drug-likeness (QED) is 0.563. The van der Waals surface area contributed by atoms with E-state index in [1.807, 2.05) is 30.3 Å². The Kier molecular flexibility index (Phi) is 6.20. The molecule has 2 N–H and O–H groups in total. The van der Waals surface area contributed by atoms with Gasteiger partial charge in [0.15, 0.2) is 0 Å². The van der Waals surface area contributed by atoms with E-state index in [4.69, 9.17) is 4.98 Å². The summed E-state index contributed by atoms with van der Waals surface area (Å²) >= 11 is 0. The maximum absolute atomic E-state index is 4.69. The molecule has 0 radical (unpaired) electrons. The Morgan fingerprint density at radius 1 is 0.885 bits per heavy atom. The van der Waals surface area contributed by atoms with E-state index >= 15 is 0 Å². The first kappa shape index (κ1) is 17.9. The first-order valence-electron chi connectivity index (χ1n) is 9.19. The standard InChI is InChI=1S/C22H26N4/c1-17(2)24-21-16-20(19-13-7-4-8-14-19)25-22(26-21)23-15-9-12-18-10-5-3-6-11-18/h3-8,10-11,13-14,16-17H,9,12,15H2,1-2H3,(H2,23,24,25,26). The highest BCUT2D eigenvalue weighted by atomic mass is 15.1. The lowest BCUT2D eigenvalue weighted by Gasteiger charge is -2.13. The monoisotopic (exact) mass is 346 g/mol. The zero-order valence-corrected chi connectivity index (χ0v) is 15.4. The molecule has 0 aliphatic rings. The van der Waals surface area contributed by atoms with Crippen molar-refractivity contribution in [3.63, 3.8) is 0 Å². The van der Waals surface area contributed by atoms with Gasteiger partial charge in [-0.05, 0) is 32.3 Å². The number of nitrogens with zero attached hydrogens (tertiary/aromatic N) is 2. The molecule has 134 valence electrons. The fourth-order valence-corrected chi connectivity index (χ4v) is 2.79. The van der Waals surface area contributed by atoms with Crippen molar-refractivity contribution in [3.8, 4) is 11.3 Å². The van der Waals surface area contributed by atoms with Gasteiger partial charge in [0.2, 0.25) is 5.95 Å². The summed E-state index contributed by atoms with van der Waals surface area (Å²) in [6.45, 7) is 5.06. The summed E-state index contributed by atoms with van der Waals surface area (Å²) in [5, 5.41) is 6.76. The van der Waals surface area contributed by atoms with Crippen LogP contribution in [0.5, 0.6) is 0 Å². The third kappa shape index (κ3) is 5.31. The van der Waals surface area contributed by atoms with Gasteiger partial charge in [0.1, 0.15) is 5.82 Å². The van der Waals surface area contributed by atoms with Crippen molar-refractivity contribution < 1.29 is 0 Å². The lowest BCUT2D eigenvalue weighted by atomic mass is 10.1. The first-order chi connectivity index (χ1) is 12.7. The molecule has 0 saturated carbocycles. The molecule has 26 heavy (non-hydrogen) atoms. The Hall–Kier alpha value is -2.88. The minimum atomic E-state index is 0.319. The fourth-order valence-electron chi connectivity index (χ4n) is 2.79. The molecule has 0 saturated heterocycles. The van der Waals surface area contributed by atoms with Crippen LogP contribution in [0.3, 0.4) is 0 Å². The number of rotatable bonds is 8. The molecular weight excluding hydrogens is 320 g/mol. The maximum Gasteiger partial charge on any atom is 0.225 e. The Balaban J connectivity index is 1.69. The smallest absolute Gasteiger partial charge is 0.225 e. The van der Waals surface area contributed by atoms with Crippen LogP contribution in [0, 0.1) is 0 Å². The largest absolute Gasteiger partial charge is 0.368 e. The Bertz CT molecular complexity index is 801. The third-order valence-electron chi connectivity index (χ3n) is 4.00. The first-order valence-corrected chi connectivity index (χ1v) is 9.19. The molecule has 0 fully saturated rings. The van der Waals surface area contributed by atoms with Crippen LogP contribution in [0.15, 0.2) is 66.7 Å². The lowest BCUT2D eigenvalue weighted by molar-refractivity contribution is 0.849. The highest BCUT2D eigenvalue weighted by Crippen LogP contribution is 2.21. The number of hydrogen-bond acceptors (Lipinski definition) is 4. The minimum Gasteiger partial charge on any atom is -0.368 e. The summed E-state index contributed by atoms with van der Waals surface area (Å²) in [6.07, 6.45) is 2.08. The van der Waals surface area contributed by atoms with Crippen LogP contribution in [-0.2, 0) is 6.42 Å². The highest BCUT2D eigenvalue weighted by Gasteiger charge is 2.07. The number of hydrogen-bond donors (Lipinski definition) is 2. The predicted molar refractivity (Wildman–Crippen MR) is 109 cm³/mol. The van der Waals surface area contributed by atoms with Crippen LogP contribution >= 0.6 is 0 Å². The van der Waals surface area contributed by atoms with Gasteiger partial charge < -0.3 is 10.6 Å². The molecule has 0 unspecified atom stereocenters. The number of nitrogens with one attached hydrogen (secondary N) is 2. The molecule has 3 rings (SSSR count). The SMILES string of the molecule is CC(C)Nc1cc(-c2ccccc2)nc(NCCCc2ccccc2)n1. The van der Waals surface area contributed by atoms with Gasteiger partial charge in [-0.1, -0.05) is 60.7 Å². The summed E-state index contributed by atoms with van der Waals surface area (Å²) in [6, 6.07) is 23.1. The molecule has 0 spiro atoms. The van der Waals surface area contributed by atoms with Gasteiger partial charge in [0.25, 0.3) is 0 Å². The number of aryl methyl sites for hydroxylation is 1. The molecular formula is C22H26N4. The van der Waals surface area contributed by atoms with E-state index in [1.165, 1.54) is 5.56 Å². The maximum atomic E-state index is 4.69. The van der Waals surface area contributed by atoms with Gasteiger partial charge in [-0.3, -0.25) is 0 Å². The van der Waals surface area contributed by atoms with E-state index in [-0.39, 0.29) is 0 Å². The summed E-state index contributed by atoms with van der Waals surface area (Å²) in [4.78, 5) is 9.30. The zero-order chi connectivity index (χ0) is 18.2. The minimum absolute atomic E-state index is 0.319. The van der Waals surface area contributed by atoms with Crippen LogP contribution in [0.4, 0.5) is 11.8 Å². The molecule has 3 aromatic rings. The summed E-state index contributed by atoms with van der Waals surface area (Å²) in [7, 11) is 0. The highest BCUT2D eigenvalue weighted by molar-refractivity contribution is 5.64. The molecule has 0 bridgehead atoms. The molecule has 0 aliphatic carbocycles. The topological polar surface area (TPSA) is 49.8 Å². The average molecular weight is 346 g/mol. The van der Waals surface area contributed by atoms with E-state index in [0.29, 0.717) is 12.0 Å². The van der Waals surface area contributed by atoms with E-state index in [2.05, 4.69) is 65.9 Å². The van der Waals surface area contributed by atoms with E-state index in [9.17, 15) is 0 Å². The Morgan fingerprint density at radius 2 is 1.58 bits per heavy atom. The zero-order valence-electron chi connectivity index (χ0n) is 15.4. The molecule has 0 amide bonds. The fraction of sp³-hybridized carbons (Fsp3) is 0.273. The number of benzene rings is 2. The van der Waals surface area contributed by atoms with Gasteiger partial charge in [-0.2, -0.15) is 4.98 Å². The number of anilines is 2. The Labute approximate surface area is 155 Å². The van der Waals surface area contributed by atoms with Gasteiger partial charge in [0.05, 0.1) is 5.69 Å². The van der Waals surface area contributed by atoms with E-state index in [1.54, 1.807) is 0 Å². The van der Waals surface area contributed by atoms with Crippen molar-refractivity contribution in [2.24, 2.45) is 0 Å². The second kappa shape index (κ2) is 8.99. The van der Waals surface area contributed by atoms with Crippen LogP contribution in [0.25, 0.3) is 11.3 Å². The molecule has 2 aromatic carbocycles.